The molecule has 6 atom stereocenters. The normalized spacial score (nSPS) is 16.6. The van der Waals surface area contributed by atoms with E-state index in [2.05, 4.69) is 31.9 Å². The van der Waals surface area contributed by atoms with Crippen LogP contribution >= 0.6 is 0 Å². The van der Waals surface area contributed by atoms with Gasteiger partial charge in [-0.3, -0.25) is 47.9 Å². The van der Waals surface area contributed by atoms with Crippen LogP contribution in [0, 0.1) is 11.8 Å². The average molecular weight is 782 g/mol. The van der Waals surface area contributed by atoms with Crippen molar-refractivity contribution in [1.82, 2.24) is 36.8 Å². The number of aliphatic carboxylic acids is 2. The van der Waals surface area contributed by atoms with E-state index in [0.29, 0.717) is 12.8 Å². The molecule has 1 rings (SSSR count). The number of ketones is 1. The maximum Gasteiger partial charge on any atom is 0.303 e. The molecular weight excluding hydrogens is 722 g/mol. The van der Waals surface area contributed by atoms with Crippen LogP contribution in [-0.4, -0.2) is 123 Å². The van der Waals surface area contributed by atoms with E-state index in [0.717, 1.165) is 6.92 Å². The van der Waals surface area contributed by atoms with E-state index in [9.17, 15) is 53.1 Å². The van der Waals surface area contributed by atoms with Crippen molar-refractivity contribution in [2.45, 2.75) is 149 Å². The van der Waals surface area contributed by atoms with E-state index in [4.69, 9.17) is 5.11 Å². The molecule has 0 unspecified atom stereocenters. The van der Waals surface area contributed by atoms with E-state index in [1.807, 2.05) is 0 Å². The number of rotatable bonds is 23. The van der Waals surface area contributed by atoms with Crippen LogP contribution in [0.25, 0.3) is 0 Å². The molecule has 19 nitrogen and oxygen atoms in total. The first kappa shape index (κ1) is 47.9. The van der Waals surface area contributed by atoms with Crippen LogP contribution in [-0.2, 0) is 47.9 Å². The quantitative estimate of drug-likeness (QED) is 0.0601. The van der Waals surface area contributed by atoms with Gasteiger partial charge in [0.15, 0.2) is 0 Å². The van der Waals surface area contributed by atoms with Gasteiger partial charge in [0.2, 0.25) is 41.2 Å². The van der Waals surface area contributed by atoms with Crippen LogP contribution in [0.15, 0.2) is 0 Å². The van der Waals surface area contributed by atoms with E-state index >= 15 is 0 Å². The standard InChI is InChI=1S/C36H59N7O12/c1-9-11-22(30(49)35(54)37-20(6)7)39-33(52)25-12-10-17-43(25)36(55)29(19(4)5)42-34(53)28(18(2)3)41-32(51)24(14-16-27(47)48)40-31(50)23(38-21(8)44)13-15-26(45)46/h18-20,22-25,28-29H,9-17H2,1-8H3,(H,37,54)(H,38,44)(H,39,52)(H,40,50)(H,41,51)(H,42,53)(H,45,46)(H,47,48)/t22-,23-,24-,25-,28-,29-/m0/s1. The second-order valence-corrected chi connectivity index (χ2v) is 14.7. The van der Waals surface area contributed by atoms with E-state index in [1.54, 1.807) is 48.5 Å². The lowest BCUT2D eigenvalue weighted by molar-refractivity contribution is -0.144. The second kappa shape index (κ2) is 23.0. The zero-order valence-corrected chi connectivity index (χ0v) is 33.0. The van der Waals surface area contributed by atoms with Crippen molar-refractivity contribution in [1.29, 1.82) is 0 Å². The molecule has 0 aromatic rings. The Balaban J connectivity index is 3.23. The SMILES string of the molecule is CCC[C@H](NC(=O)[C@@H]1CCCN1C(=O)[C@@H](NC(=O)[C@@H](NC(=O)[C@H](CCC(=O)O)NC(=O)[C@H](CCC(=O)O)NC(C)=O)C(C)C)C(C)C)C(=O)C(=O)NC(C)C. The number of carbonyl (C=O) groups is 10. The van der Waals surface area contributed by atoms with Gasteiger partial charge in [-0.05, 0) is 57.8 Å². The molecule has 55 heavy (non-hydrogen) atoms. The summed E-state index contributed by atoms with van der Waals surface area (Å²) in [5.41, 5.74) is 0. The van der Waals surface area contributed by atoms with Crippen molar-refractivity contribution in [2.75, 3.05) is 6.54 Å². The highest BCUT2D eigenvalue weighted by atomic mass is 16.4. The molecule has 1 fully saturated rings. The van der Waals surface area contributed by atoms with Crippen LogP contribution in [0.5, 0.6) is 0 Å². The van der Waals surface area contributed by atoms with Gasteiger partial charge in [-0.2, -0.15) is 0 Å². The fraction of sp³-hybridized carbons (Fsp3) is 0.722. The summed E-state index contributed by atoms with van der Waals surface area (Å²) < 4.78 is 0. The minimum absolute atomic E-state index is 0.178. The molecule has 1 aliphatic heterocycles. The van der Waals surface area contributed by atoms with E-state index in [-0.39, 0.29) is 31.8 Å². The zero-order chi connectivity index (χ0) is 42.2. The minimum atomic E-state index is -1.51. The maximum absolute atomic E-state index is 14.0. The number of amides is 7. The molecule has 1 aliphatic rings. The Bertz CT molecular complexity index is 1430. The number of likely N-dealkylation sites (tertiary alicyclic amines) is 1. The number of hydrogen-bond donors (Lipinski definition) is 8. The van der Waals surface area contributed by atoms with Gasteiger partial charge in [0.05, 0.1) is 6.04 Å². The highest BCUT2D eigenvalue weighted by molar-refractivity contribution is 6.38. The summed E-state index contributed by atoms with van der Waals surface area (Å²) in [5, 5.41) is 33.4. The monoisotopic (exact) mass is 781 g/mol. The van der Waals surface area contributed by atoms with Gasteiger partial charge >= 0.3 is 11.9 Å². The Morgan fingerprint density at radius 1 is 0.636 bits per heavy atom. The Hall–Kier alpha value is -5.10. The molecule has 8 N–H and O–H groups in total. The van der Waals surface area contributed by atoms with Crippen molar-refractivity contribution in [3.05, 3.63) is 0 Å². The van der Waals surface area contributed by atoms with Gasteiger partial charge in [-0.25, -0.2) is 0 Å². The van der Waals surface area contributed by atoms with Crippen LogP contribution < -0.4 is 31.9 Å². The third-order valence-corrected chi connectivity index (χ3v) is 8.79. The van der Waals surface area contributed by atoms with Gasteiger partial charge < -0.3 is 47.0 Å². The van der Waals surface area contributed by atoms with Crippen LogP contribution in [0.2, 0.25) is 0 Å². The van der Waals surface area contributed by atoms with Crippen LogP contribution in [0.3, 0.4) is 0 Å². The van der Waals surface area contributed by atoms with Gasteiger partial charge in [0.1, 0.15) is 30.2 Å². The lowest BCUT2D eigenvalue weighted by atomic mass is 9.98. The second-order valence-electron chi connectivity index (χ2n) is 14.7. The number of nitrogens with one attached hydrogen (secondary N) is 6. The number of carboxylic acid groups (broad SMARTS) is 2. The number of hydrogen-bond acceptors (Lipinski definition) is 10. The van der Waals surface area contributed by atoms with Gasteiger partial charge in [0.25, 0.3) is 5.91 Å². The molecule has 19 heteroatoms. The van der Waals surface area contributed by atoms with E-state index < -0.39 is 126 Å². The molecule has 0 aromatic heterocycles. The number of carbonyl (C=O) groups excluding carboxylic acids is 8. The highest BCUT2D eigenvalue weighted by Gasteiger charge is 2.41. The molecule has 0 bridgehead atoms. The van der Waals surface area contributed by atoms with Crippen molar-refractivity contribution in [3.8, 4) is 0 Å². The lowest BCUT2D eigenvalue weighted by Crippen LogP contribution is -2.61. The molecule has 0 spiro atoms. The summed E-state index contributed by atoms with van der Waals surface area (Å²) in [7, 11) is 0. The summed E-state index contributed by atoms with van der Waals surface area (Å²) in [4.78, 5) is 129. The predicted octanol–water partition coefficient (Wildman–Crippen LogP) is -0.643. The summed E-state index contributed by atoms with van der Waals surface area (Å²) >= 11 is 0. The summed E-state index contributed by atoms with van der Waals surface area (Å²) in [6.07, 6.45) is -0.370. The fourth-order valence-corrected chi connectivity index (χ4v) is 5.94. The van der Waals surface area contributed by atoms with Crippen molar-refractivity contribution >= 4 is 59.1 Å². The molecular formula is C36H59N7O12. The topological polar surface area (TPSA) is 287 Å². The summed E-state index contributed by atoms with van der Waals surface area (Å²) in [6, 6.07) is -7.70. The first-order chi connectivity index (χ1) is 25.6. The molecule has 1 saturated heterocycles. The number of Topliss-reactive ketones (excluding diaryl/α,β-unsaturated/α-hetero) is 1. The maximum atomic E-state index is 14.0. The molecule has 0 radical (unpaired) electrons. The Morgan fingerprint density at radius 2 is 1.15 bits per heavy atom. The smallest absolute Gasteiger partial charge is 0.303 e. The molecule has 0 saturated carbocycles. The van der Waals surface area contributed by atoms with Gasteiger partial charge in [-0.1, -0.05) is 41.0 Å². The van der Waals surface area contributed by atoms with E-state index in [1.165, 1.54) is 4.90 Å². The largest absolute Gasteiger partial charge is 0.481 e. The third-order valence-electron chi connectivity index (χ3n) is 8.79. The van der Waals surface area contributed by atoms with Crippen molar-refractivity contribution < 1.29 is 58.2 Å². The molecule has 0 aliphatic carbocycles. The highest BCUT2D eigenvalue weighted by Crippen LogP contribution is 2.21. The third kappa shape index (κ3) is 16.0. The summed E-state index contributed by atoms with van der Waals surface area (Å²) in [5.74, 6) is -9.75. The summed E-state index contributed by atoms with van der Waals surface area (Å²) in [6.45, 7) is 13.0. The van der Waals surface area contributed by atoms with Crippen molar-refractivity contribution in [3.63, 3.8) is 0 Å². The Morgan fingerprint density at radius 3 is 1.62 bits per heavy atom. The first-order valence-electron chi connectivity index (χ1n) is 18.7. The Kier molecular flexibility index (Phi) is 20.0. The minimum Gasteiger partial charge on any atom is -0.481 e. The predicted molar refractivity (Wildman–Crippen MR) is 197 cm³/mol. The average Bonchev–Trinajstić information content (AvgIpc) is 3.58. The molecule has 310 valence electrons. The number of carboxylic acids is 2. The van der Waals surface area contributed by atoms with Crippen LogP contribution in [0.1, 0.15) is 107 Å². The first-order valence-corrected chi connectivity index (χ1v) is 18.7. The molecule has 7 amide bonds. The van der Waals surface area contributed by atoms with Gasteiger partial charge in [0, 0.05) is 32.4 Å². The fourth-order valence-electron chi connectivity index (χ4n) is 5.94. The lowest BCUT2D eigenvalue weighted by Gasteiger charge is -2.33. The number of nitrogens with zero attached hydrogens (tertiary/aromatic N) is 1. The van der Waals surface area contributed by atoms with Crippen LogP contribution in [0.4, 0.5) is 0 Å². The van der Waals surface area contributed by atoms with Crippen molar-refractivity contribution in [2.24, 2.45) is 11.8 Å². The molecule has 0 aromatic carbocycles. The molecule has 1 heterocycles. The zero-order valence-electron chi connectivity index (χ0n) is 33.0. The Labute approximate surface area is 321 Å². The van der Waals surface area contributed by atoms with Gasteiger partial charge in [-0.15, -0.1) is 0 Å².